The van der Waals surface area contributed by atoms with E-state index < -0.39 is 10.9 Å². The number of nitrogens with zero attached hydrogens (tertiary/aromatic N) is 2. The number of ether oxygens (including phenoxy) is 1. The fourth-order valence-electron chi connectivity index (χ4n) is 1.36. The van der Waals surface area contributed by atoms with Crippen LogP contribution in [0.1, 0.15) is 0 Å². The molecule has 0 saturated carbocycles. The summed E-state index contributed by atoms with van der Waals surface area (Å²) in [5, 5.41) is 10.8. The number of carbonyl (C=O) groups is 1. The number of non-ortho nitro benzene ring substituents is 1. The molecule has 6 nitrogen and oxygen atoms in total. The van der Waals surface area contributed by atoms with E-state index in [1.807, 2.05) is 0 Å². The van der Waals surface area contributed by atoms with Crippen LogP contribution in [0.15, 0.2) is 12.1 Å². The zero-order valence-electron chi connectivity index (χ0n) is 9.65. The van der Waals surface area contributed by atoms with Crippen LogP contribution >= 0.6 is 23.2 Å². The summed E-state index contributed by atoms with van der Waals surface area (Å²) < 4.78 is 4.51. The zero-order valence-corrected chi connectivity index (χ0v) is 11.2. The first-order valence-corrected chi connectivity index (χ1v) is 5.53. The van der Waals surface area contributed by atoms with Gasteiger partial charge in [0.15, 0.2) is 0 Å². The fourth-order valence-corrected chi connectivity index (χ4v) is 2.12. The summed E-state index contributed by atoms with van der Waals surface area (Å²) in [4.78, 5) is 22.6. The number of hydrogen-bond acceptors (Lipinski definition) is 5. The maximum atomic E-state index is 11.1. The van der Waals surface area contributed by atoms with E-state index in [0.717, 1.165) is 0 Å². The Morgan fingerprint density at radius 3 is 2.33 bits per heavy atom. The second kappa shape index (κ2) is 5.88. The van der Waals surface area contributed by atoms with Crippen molar-refractivity contribution in [3.8, 4) is 0 Å². The normalized spacial score (nSPS) is 10.0. The summed E-state index contributed by atoms with van der Waals surface area (Å²) in [7, 11) is 2.84. The predicted molar refractivity (Wildman–Crippen MR) is 68.4 cm³/mol. The highest BCUT2D eigenvalue weighted by molar-refractivity contribution is 6.39. The lowest BCUT2D eigenvalue weighted by molar-refractivity contribution is -0.384. The molecule has 18 heavy (non-hydrogen) atoms. The molecule has 0 unspecified atom stereocenters. The van der Waals surface area contributed by atoms with Crippen molar-refractivity contribution in [2.75, 3.05) is 25.6 Å². The summed E-state index contributed by atoms with van der Waals surface area (Å²) in [6, 6.07) is 2.35. The van der Waals surface area contributed by atoms with Crippen molar-refractivity contribution < 1.29 is 14.5 Å². The molecule has 0 heterocycles. The number of anilines is 1. The predicted octanol–water partition coefficient (Wildman–Crippen LogP) is 2.51. The first-order valence-electron chi connectivity index (χ1n) is 4.78. The highest BCUT2D eigenvalue weighted by atomic mass is 35.5. The monoisotopic (exact) mass is 292 g/mol. The molecule has 0 bridgehead atoms. The molecule has 0 fully saturated rings. The van der Waals surface area contributed by atoms with Gasteiger partial charge in [-0.05, 0) is 0 Å². The van der Waals surface area contributed by atoms with Crippen LogP contribution < -0.4 is 4.90 Å². The number of nitro groups is 1. The van der Waals surface area contributed by atoms with E-state index in [4.69, 9.17) is 23.2 Å². The molecule has 1 aromatic carbocycles. The summed E-state index contributed by atoms with van der Waals surface area (Å²) in [6.07, 6.45) is 0. The van der Waals surface area contributed by atoms with E-state index in [2.05, 4.69) is 4.74 Å². The lowest BCUT2D eigenvalue weighted by atomic mass is 10.2. The van der Waals surface area contributed by atoms with E-state index >= 15 is 0 Å². The van der Waals surface area contributed by atoms with Crippen LogP contribution in [0.3, 0.4) is 0 Å². The van der Waals surface area contributed by atoms with Crippen molar-refractivity contribution in [3.05, 3.63) is 32.3 Å². The number of rotatable bonds is 4. The van der Waals surface area contributed by atoms with Gasteiger partial charge in [0.25, 0.3) is 5.69 Å². The summed E-state index contributed by atoms with van der Waals surface area (Å²) in [5.41, 5.74) is 0.134. The molecular weight excluding hydrogens is 283 g/mol. The number of esters is 1. The molecule has 0 aliphatic carbocycles. The minimum absolute atomic E-state index is 0.0618. The molecular formula is C10H10Cl2N2O4. The van der Waals surface area contributed by atoms with E-state index in [-0.39, 0.29) is 22.3 Å². The van der Waals surface area contributed by atoms with Gasteiger partial charge in [-0.1, -0.05) is 23.2 Å². The van der Waals surface area contributed by atoms with Crippen molar-refractivity contribution in [2.45, 2.75) is 0 Å². The lowest BCUT2D eigenvalue weighted by Crippen LogP contribution is -2.26. The number of carbonyl (C=O) groups excluding carboxylic acids is 1. The van der Waals surface area contributed by atoms with E-state index in [1.54, 1.807) is 7.05 Å². The Hall–Kier alpha value is -1.53. The van der Waals surface area contributed by atoms with E-state index in [0.29, 0.717) is 5.69 Å². The molecule has 0 saturated heterocycles. The van der Waals surface area contributed by atoms with Crippen LogP contribution in [0.25, 0.3) is 0 Å². The standard InChI is InChI=1S/C10H10Cl2N2O4/c1-13(5-9(15)18-2)10-7(11)3-6(14(16)17)4-8(10)12/h3-4H,5H2,1-2H3. The number of benzene rings is 1. The molecule has 0 atom stereocenters. The Bertz CT molecular complexity index is 470. The van der Waals surface area contributed by atoms with Gasteiger partial charge in [0.05, 0.1) is 27.8 Å². The quantitative estimate of drug-likeness (QED) is 0.484. The van der Waals surface area contributed by atoms with Crippen LogP contribution in [0, 0.1) is 10.1 Å². The molecule has 8 heteroatoms. The van der Waals surface area contributed by atoms with E-state index in [1.165, 1.54) is 24.1 Å². The van der Waals surface area contributed by atoms with Crippen LogP contribution in [-0.4, -0.2) is 31.6 Å². The third kappa shape index (κ3) is 3.24. The average molecular weight is 293 g/mol. The van der Waals surface area contributed by atoms with Crippen molar-refractivity contribution in [2.24, 2.45) is 0 Å². The molecule has 0 aromatic heterocycles. The summed E-state index contributed by atoms with van der Waals surface area (Å²) >= 11 is 11.8. The Labute approximate surface area is 113 Å². The van der Waals surface area contributed by atoms with Crippen LogP contribution in [-0.2, 0) is 9.53 Å². The van der Waals surface area contributed by atoms with Crippen molar-refractivity contribution in [1.82, 2.24) is 0 Å². The topological polar surface area (TPSA) is 72.7 Å². The molecule has 0 aliphatic heterocycles. The largest absolute Gasteiger partial charge is 0.468 e. The third-order valence-corrected chi connectivity index (χ3v) is 2.76. The van der Waals surface area contributed by atoms with Crippen LogP contribution in [0.4, 0.5) is 11.4 Å². The number of nitro benzene ring substituents is 1. The van der Waals surface area contributed by atoms with Crippen LogP contribution in [0.2, 0.25) is 10.0 Å². The minimum Gasteiger partial charge on any atom is -0.468 e. The van der Waals surface area contributed by atoms with Crippen molar-refractivity contribution in [3.63, 3.8) is 0 Å². The first kappa shape index (κ1) is 14.5. The lowest BCUT2D eigenvalue weighted by Gasteiger charge is -2.20. The van der Waals surface area contributed by atoms with Gasteiger partial charge in [-0.2, -0.15) is 0 Å². The molecule has 98 valence electrons. The SMILES string of the molecule is COC(=O)CN(C)c1c(Cl)cc([N+](=O)[O-])cc1Cl. The molecule has 1 aromatic rings. The molecule has 0 aliphatic rings. The number of likely N-dealkylation sites (N-methyl/N-ethyl adjacent to an activating group) is 1. The highest BCUT2D eigenvalue weighted by Crippen LogP contribution is 2.36. The van der Waals surface area contributed by atoms with Crippen LogP contribution in [0.5, 0.6) is 0 Å². The smallest absolute Gasteiger partial charge is 0.325 e. The Morgan fingerprint density at radius 1 is 1.44 bits per heavy atom. The number of hydrogen-bond donors (Lipinski definition) is 0. The Kier molecular flexibility index (Phi) is 4.75. The maximum absolute atomic E-state index is 11.1. The van der Waals surface area contributed by atoms with E-state index in [9.17, 15) is 14.9 Å². The van der Waals surface area contributed by atoms with Crippen molar-refractivity contribution >= 4 is 40.5 Å². The Morgan fingerprint density at radius 2 is 1.94 bits per heavy atom. The van der Waals surface area contributed by atoms with Gasteiger partial charge >= 0.3 is 5.97 Å². The zero-order chi connectivity index (χ0) is 13.9. The average Bonchev–Trinajstić information content (AvgIpc) is 2.27. The van der Waals surface area contributed by atoms with Gasteiger partial charge in [0, 0.05) is 19.2 Å². The molecule has 0 amide bonds. The number of halogens is 2. The minimum atomic E-state index is -0.595. The maximum Gasteiger partial charge on any atom is 0.325 e. The summed E-state index contributed by atoms with van der Waals surface area (Å²) in [6.45, 7) is -0.0618. The number of methoxy groups -OCH3 is 1. The Balaban J connectivity index is 3.10. The molecule has 0 radical (unpaired) electrons. The third-order valence-electron chi connectivity index (χ3n) is 2.19. The molecule has 0 spiro atoms. The van der Waals surface area contributed by atoms with Gasteiger partial charge in [-0.3, -0.25) is 14.9 Å². The molecule has 1 rings (SSSR count). The van der Waals surface area contributed by atoms with Gasteiger partial charge < -0.3 is 9.64 Å². The summed E-state index contributed by atoms with van der Waals surface area (Å²) in [5.74, 6) is -0.469. The second-order valence-corrected chi connectivity index (χ2v) is 4.26. The van der Waals surface area contributed by atoms with Gasteiger partial charge in [0.2, 0.25) is 0 Å². The first-order chi connectivity index (χ1) is 8.36. The van der Waals surface area contributed by atoms with Gasteiger partial charge in [-0.15, -0.1) is 0 Å². The fraction of sp³-hybridized carbons (Fsp3) is 0.300. The molecule has 0 N–H and O–H groups in total. The van der Waals surface area contributed by atoms with Gasteiger partial charge in [-0.25, -0.2) is 0 Å². The van der Waals surface area contributed by atoms with Gasteiger partial charge in [0.1, 0.15) is 6.54 Å². The van der Waals surface area contributed by atoms with Crippen molar-refractivity contribution in [1.29, 1.82) is 0 Å². The second-order valence-electron chi connectivity index (χ2n) is 3.45. The highest BCUT2D eigenvalue weighted by Gasteiger charge is 2.19.